The second kappa shape index (κ2) is 5.62. The van der Waals surface area contributed by atoms with Crippen molar-refractivity contribution >= 4 is 11.6 Å². The Morgan fingerprint density at radius 3 is 3.25 bits per heavy atom. The summed E-state index contributed by atoms with van der Waals surface area (Å²) < 4.78 is 0. The van der Waals surface area contributed by atoms with Crippen LogP contribution in [0.5, 0.6) is 0 Å². The molecule has 1 aromatic rings. The van der Waals surface area contributed by atoms with Gasteiger partial charge < -0.3 is 5.32 Å². The third-order valence-corrected chi connectivity index (χ3v) is 3.27. The zero-order valence-electron chi connectivity index (χ0n) is 9.62. The first-order valence-corrected chi connectivity index (χ1v) is 6.13. The fourth-order valence-electron chi connectivity index (χ4n) is 2.31. The summed E-state index contributed by atoms with van der Waals surface area (Å²) in [5.74, 6) is 0.794. The maximum atomic E-state index is 5.87. The lowest BCUT2D eigenvalue weighted by atomic mass is 10.1. The molecule has 2 heterocycles. The number of pyridine rings is 1. The van der Waals surface area contributed by atoms with Crippen LogP contribution in [0.2, 0.25) is 5.15 Å². The Kier molecular flexibility index (Phi) is 4.16. The Hall–Kier alpha value is -0.640. The first-order chi connectivity index (χ1) is 7.78. The van der Waals surface area contributed by atoms with Gasteiger partial charge in [-0.3, -0.25) is 4.90 Å². The minimum Gasteiger partial charge on any atom is -0.319 e. The van der Waals surface area contributed by atoms with E-state index in [0.29, 0.717) is 5.15 Å². The van der Waals surface area contributed by atoms with E-state index in [9.17, 15) is 0 Å². The van der Waals surface area contributed by atoms with Gasteiger partial charge in [0, 0.05) is 19.3 Å². The minimum absolute atomic E-state index is 0.587. The summed E-state index contributed by atoms with van der Waals surface area (Å²) in [5, 5.41) is 3.83. The van der Waals surface area contributed by atoms with Crippen molar-refractivity contribution in [3.63, 3.8) is 0 Å². The molecule has 1 atom stereocenters. The van der Waals surface area contributed by atoms with E-state index < -0.39 is 0 Å². The average Bonchev–Trinajstić information content (AvgIpc) is 2.66. The predicted octanol–water partition coefficient (Wildman–Crippen LogP) is 1.78. The minimum atomic E-state index is 0.587. The van der Waals surface area contributed by atoms with Crippen molar-refractivity contribution in [3.05, 3.63) is 29.0 Å². The molecule has 1 N–H and O–H groups in total. The number of hydrogen-bond acceptors (Lipinski definition) is 3. The Labute approximate surface area is 102 Å². The van der Waals surface area contributed by atoms with E-state index in [2.05, 4.69) is 15.2 Å². The number of aromatic nitrogens is 1. The summed E-state index contributed by atoms with van der Waals surface area (Å²) in [4.78, 5) is 6.48. The third-order valence-electron chi connectivity index (χ3n) is 3.06. The highest BCUT2D eigenvalue weighted by molar-refractivity contribution is 6.29. The molecule has 3 nitrogen and oxygen atoms in total. The molecule has 16 heavy (non-hydrogen) atoms. The Morgan fingerprint density at radius 2 is 2.50 bits per heavy atom. The predicted molar refractivity (Wildman–Crippen MR) is 66.6 cm³/mol. The molecule has 1 aromatic heterocycles. The Morgan fingerprint density at radius 1 is 1.62 bits per heavy atom. The second-order valence-corrected chi connectivity index (χ2v) is 4.82. The summed E-state index contributed by atoms with van der Waals surface area (Å²) in [7, 11) is 2.02. The molecule has 0 saturated carbocycles. The standard InChI is InChI=1S/C12H18ClN3/c1-14-7-11-3-5-16(9-11)8-10-2-4-15-12(13)6-10/h2,4,6,11,14H,3,5,7-9H2,1H3. The van der Waals surface area contributed by atoms with E-state index >= 15 is 0 Å². The van der Waals surface area contributed by atoms with E-state index in [0.717, 1.165) is 19.0 Å². The highest BCUT2D eigenvalue weighted by Gasteiger charge is 2.21. The van der Waals surface area contributed by atoms with E-state index in [4.69, 9.17) is 11.6 Å². The molecule has 1 unspecified atom stereocenters. The lowest BCUT2D eigenvalue weighted by Gasteiger charge is -2.15. The average molecular weight is 240 g/mol. The quantitative estimate of drug-likeness (QED) is 0.812. The number of nitrogens with zero attached hydrogens (tertiary/aromatic N) is 2. The fourth-order valence-corrected chi connectivity index (χ4v) is 2.51. The van der Waals surface area contributed by atoms with Crippen LogP contribution in [0.1, 0.15) is 12.0 Å². The second-order valence-electron chi connectivity index (χ2n) is 4.43. The number of likely N-dealkylation sites (tertiary alicyclic amines) is 1. The van der Waals surface area contributed by atoms with Crippen LogP contribution >= 0.6 is 11.6 Å². The van der Waals surface area contributed by atoms with E-state index in [1.165, 1.54) is 25.1 Å². The van der Waals surface area contributed by atoms with Crippen molar-refractivity contribution in [1.29, 1.82) is 0 Å². The van der Waals surface area contributed by atoms with Crippen molar-refractivity contribution < 1.29 is 0 Å². The molecule has 1 saturated heterocycles. The number of halogens is 1. The van der Waals surface area contributed by atoms with Crippen LogP contribution in [-0.4, -0.2) is 36.6 Å². The van der Waals surface area contributed by atoms with Crippen molar-refractivity contribution in [1.82, 2.24) is 15.2 Å². The highest BCUT2D eigenvalue weighted by atomic mass is 35.5. The maximum Gasteiger partial charge on any atom is 0.129 e. The van der Waals surface area contributed by atoms with Gasteiger partial charge in [0.25, 0.3) is 0 Å². The van der Waals surface area contributed by atoms with Gasteiger partial charge in [-0.05, 0) is 50.2 Å². The molecule has 2 rings (SSSR count). The van der Waals surface area contributed by atoms with Crippen molar-refractivity contribution in [3.8, 4) is 0 Å². The van der Waals surface area contributed by atoms with Gasteiger partial charge in [-0.25, -0.2) is 4.98 Å². The molecule has 0 amide bonds. The van der Waals surface area contributed by atoms with E-state index in [-0.39, 0.29) is 0 Å². The number of nitrogens with one attached hydrogen (secondary N) is 1. The molecule has 0 bridgehead atoms. The van der Waals surface area contributed by atoms with Crippen molar-refractivity contribution in [2.75, 3.05) is 26.7 Å². The molecule has 1 aliphatic heterocycles. The van der Waals surface area contributed by atoms with Crippen molar-refractivity contribution in [2.24, 2.45) is 5.92 Å². The summed E-state index contributed by atoms with van der Waals surface area (Å²) in [5.41, 5.74) is 1.25. The van der Waals surface area contributed by atoms with Crippen LogP contribution in [0.25, 0.3) is 0 Å². The molecule has 0 spiro atoms. The molecule has 0 radical (unpaired) electrons. The summed E-state index contributed by atoms with van der Waals surface area (Å²) in [6.45, 7) is 4.48. The van der Waals surface area contributed by atoms with Gasteiger partial charge in [-0.15, -0.1) is 0 Å². The van der Waals surface area contributed by atoms with Crippen LogP contribution in [-0.2, 0) is 6.54 Å². The summed E-state index contributed by atoms with van der Waals surface area (Å²) in [6, 6.07) is 3.99. The maximum absolute atomic E-state index is 5.87. The third kappa shape index (κ3) is 3.17. The van der Waals surface area contributed by atoms with Gasteiger partial charge in [0.15, 0.2) is 0 Å². The SMILES string of the molecule is CNCC1CCN(Cc2ccnc(Cl)c2)C1. The first-order valence-electron chi connectivity index (χ1n) is 5.75. The van der Waals surface area contributed by atoms with Gasteiger partial charge in [-0.2, -0.15) is 0 Å². The van der Waals surface area contributed by atoms with Crippen molar-refractivity contribution in [2.45, 2.75) is 13.0 Å². The molecule has 0 aromatic carbocycles. The molecular formula is C12H18ClN3. The molecule has 4 heteroatoms. The molecular weight excluding hydrogens is 222 g/mol. The van der Waals surface area contributed by atoms with E-state index in [1.807, 2.05) is 19.2 Å². The van der Waals surface area contributed by atoms with Crippen LogP contribution in [0.3, 0.4) is 0 Å². The van der Waals surface area contributed by atoms with Crippen LogP contribution < -0.4 is 5.32 Å². The van der Waals surface area contributed by atoms with E-state index in [1.54, 1.807) is 6.20 Å². The molecule has 1 fully saturated rings. The number of hydrogen-bond donors (Lipinski definition) is 1. The topological polar surface area (TPSA) is 28.2 Å². The monoisotopic (exact) mass is 239 g/mol. The van der Waals surface area contributed by atoms with Crippen LogP contribution in [0.15, 0.2) is 18.3 Å². The van der Waals surface area contributed by atoms with Gasteiger partial charge in [0.2, 0.25) is 0 Å². The normalized spacial score (nSPS) is 21.5. The Bertz CT molecular complexity index is 343. The van der Waals surface area contributed by atoms with Gasteiger partial charge in [0.1, 0.15) is 5.15 Å². The zero-order valence-corrected chi connectivity index (χ0v) is 10.4. The van der Waals surface area contributed by atoms with Gasteiger partial charge in [0.05, 0.1) is 0 Å². The lowest BCUT2D eigenvalue weighted by molar-refractivity contribution is 0.315. The van der Waals surface area contributed by atoms with Crippen LogP contribution in [0, 0.1) is 5.92 Å². The van der Waals surface area contributed by atoms with Gasteiger partial charge in [-0.1, -0.05) is 11.6 Å². The smallest absolute Gasteiger partial charge is 0.129 e. The Balaban J connectivity index is 1.87. The van der Waals surface area contributed by atoms with Crippen LogP contribution in [0.4, 0.5) is 0 Å². The first kappa shape index (κ1) is 11.8. The molecule has 0 aliphatic carbocycles. The molecule has 1 aliphatic rings. The largest absolute Gasteiger partial charge is 0.319 e. The molecule has 88 valence electrons. The highest BCUT2D eigenvalue weighted by Crippen LogP contribution is 2.18. The summed E-state index contributed by atoms with van der Waals surface area (Å²) >= 11 is 5.87. The van der Waals surface area contributed by atoms with Gasteiger partial charge >= 0.3 is 0 Å². The fraction of sp³-hybridized carbons (Fsp3) is 0.583. The summed E-state index contributed by atoms with van der Waals surface area (Å²) in [6.07, 6.45) is 3.07. The lowest BCUT2D eigenvalue weighted by Crippen LogP contribution is -2.24. The zero-order chi connectivity index (χ0) is 11.4. The number of rotatable bonds is 4.